The fourth-order valence-corrected chi connectivity index (χ4v) is 5.00. The van der Waals surface area contributed by atoms with Gasteiger partial charge in [0.15, 0.2) is 17.4 Å². The van der Waals surface area contributed by atoms with Crippen molar-refractivity contribution in [2.24, 2.45) is 0 Å². The number of sulfone groups is 1. The first kappa shape index (κ1) is 19.6. The quantitative estimate of drug-likeness (QED) is 0.488. The number of carbonyl (C=O) groups is 1. The third kappa shape index (κ3) is 3.16. The van der Waals surface area contributed by atoms with E-state index in [1.54, 1.807) is 24.3 Å². The Kier molecular flexibility index (Phi) is 4.50. The Hall–Kier alpha value is -3.34. The zero-order valence-electron chi connectivity index (χ0n) is 16.1. The van der Waals surface area contributed by atoms with E-state index in [-0.39, 0.29) is 22.1 Å². The molecule has 0 radical (unpaired) electrons. The van der Waals surface area contributed by atoms with Crippen LogP contribution in [0.25, 0.3) is 0 Å². The van der Waals surface area contributed by atoms with E-state index >= 15 is 0 Å². The molecule has 158 valence electrons. The normalized spacial score (nSPS) is 22.8. The van der Waals surface area contributed by atoms with Crippen LogP contribution in [0.2, 0.25) is 0 Å². The minimum Gasteiger partial charge on any atom is -0.619 e. The van der Waals surface area contributed by atoms with Crippen LogP contribution in [0, 0.1) is 5.21 Å². The van der Waals surface area contributed by atoms with Gasteiger partial charge in [0.1, 0.15) is 0 Å². The maximum Gasteiger partial charge on any atom is 0.289 e. The second-order valence-corrected chi connectivity index (χ2v) is 9.09. The first-order chi connectivity index (χ1) is 14.9. The van der Waals surface area contributed by atoms with E-state index in [2.05, 4.69) is 10.3 Å². The number of fused-ring (bicyclic) bond motifs is 2. The molecule has 2 aliphatic rings. The molecule has 2 atom stereocenters. The number of amides is 1. The molecule has 1 N–H and O–H groups in total. The van der Waals surface area contributed by atoms with Crippen LogP contribution in [0.4, 0.5) is 5.69 Å². The van der Waals surface area contributed by atoms with E-state index in [0.29, 0.717) is 22.4 Å². The van der Waals surface area contributed by atoms with Crippen LogP contribution >= 0.6 is 0 Å². The second kappa shape index (κ2) is 7.12. The molecule has 1 amide bonds. The average molecular weight is 439 g/mol. The molecule has 1 fully saturated rings. The maximum absolute atomic E-state index is 13.0. The molecule has 5 rings (SSSR count). The topological polar surface area (TPSA) is 122 Å². The molecule has 4 heterocycles. The number of hydrogen-bond donors (Lipinski definition) is 1. The van der Waals surface area contributed by atoms with Crippen LogP contribution in [0.5, 0.6) is 0 Å². The number of anilines is 1. The van der Waals surface area contributed by atoms with Crippen LogP contribution in [0.15, 0.2) is 77.0 Å². The van der Waals surface area contributed by atoms with Gasteiger partial charge < -0.3 is 20.0 Å². The third-order valence-electron chi connectivity index (χ3n) is 5.28. The fraction of sp³-hybridized carbons (Fsp3) is 0.190. The average Bonchev–Trinajstić information content (AvgIpc) is 3.04. The van der Waals surface area contributed by atoms with Gasteiger partial charge in [0.2, 0.25) is 9.84 Å². The molecular formula is C21H17N3O6S. The summed E-state index contributed by atoms with van der Waals surface area (Å²) >= 11 is 0. The molecule has 3 aromatic rings. The van der Waals surface area contributed by atoms with Crippen molar-refractivity contribution >= 4 is 21.4 Å². The fourth-order valence-electron chi connectivity index (χ4n) is 3.79. The summed E-state index contributed by atoms with van der Waals surface area (Å²) < 4.78 is 38.6. The van der Waals surface area contributed by atoms with Crippen molar-refractivity contribution < 1.29 is 27.4 Å². The van der Waals surface area contributed by atoms with E-state index in [4.69, 9.17) is 9.47 Å². The highest BCUT2D eigenvalue weighted by Crippen LogP contribution is 2.47. The number of rotatable bonds is 3. The first-order valence-corrected chi connectivity index (χ1v) is 11.0. The Morgan fingerprint density at radius 3 is 2.84 bits per heavy atom. The molecule has 0 bridgehead atoms. The van der Waals surface area contributed by atoms with Gasteiger partial charge >= 0.3 is 0 Å². The van der Waals surface area contributed by atoms with Crippen LogP contribution in [0.1, 0.15) is 23.7 Å². The van der Waals surface area contributed by atoms with Gasteiger partial charge in [0.05, 0.1) is 23.3 Å². The number of carbonyl (C=O) groups excluding carboxylic acids is 1. The maximum atomic E-state index is 13.0. The SMILES string of the molecule is O=C1Nc2ccc(S(=O)(=O)c3ccccn3)cc2[C@]12OCCC(c1ccc[n+]([O-])c1)O2. The Bertz CT molecular complexity index is 1280. The Morgan fingerprint density at radius 2 is 2.06 bits per heavy atom. The number of pyridine rings is 2. The molecule has 1 unspecified atom stereocenters. The molecule has 10 heteroatoms. The summed E-state index contributed by atoms with van der Waals surface area (Å²) in [7, 11) is -3.91. The molecule has 2 aromatic heterocycles. The van der Waals surface area contributed by atoms with E-state index < -0.39 is 27.6 Å². The van der Waals surface area contributed by atoms with Crippen molar-refractivity contribution in [3.63, 3.8) is 0 Å². The highest BCUT2D eigenvalue weighted by atomic mass is 32.2. The molecule has 0 aliphatic carbocycles. The largest absolute Gasteiger partial charge is 0.619 e. The standard InChI is InChI=1S/C21H17N3O6S/c25-20-21(29-11-8-18(30-21)14-4-3-10-24(26)13-14)16-12-15(6-7-17(16)23-20)31(27,28)19-5-1-2-9-22-19/h1-7,9-10,12-13,18H,8,11H2,(H,23,25)/t18?,21-/m1/s1. The van der Waals surface area contributed by atoms with E-state index in [1.807, 2.05) is 0 Å². The summed E-state index contributed by atoms with van der Waals surface area (Å²) in [6, 6.07) is 12.2. The van der Waals surface area contributed by atoms with Crippen LogP contribution in [-0.2, 0) is 29.9 Å². The lowest BCUT2D eigenvalue weighted by molar-refractivity contribution is -0.606. The molecule has 0 saturated carbocycles. The molecular weight excluding hydrogens is 422 g/mol. The van der Waals surface area contributed by atoms with E-state index in [1.165, 1.54) is 42.9 Å². The lowest BCUT2D eigenvalue weighted by Gasteiger charge is -2.36. The zero-order chi connectivity index (χ0) is 21.6. The molecule has 1 spiro atoms. The summed E-state index contributed by atoms with van der Waals surface area (Å²) in [5, 5.41) is 14.3. The molecule has 1 aromatic carbocycles. The lowest BCUT2D eigenvalue weighted by atomic mass is 10.0. The summed E-state index contributed by atoms with van der Waals surface area (Å²) in [4.78, 5) is 16.8. The van der Waals surface area contributed by atoms with Gasteiger partial charge in [-0.25, -0.2) is 13.4 Å². The highest BCUT2D eigenvalue weighted by molar-refractivity contribution is 7.91. The van der Waals surface area contributed by atoms with Crippen molar-refractivity contribution in [3.8, 4) is 0 Å². The smallest absolute Gasteiger partial charge is 0.289 e. The lowest BCUT2D eigenvalue weighted by Crippen LogP contribution is -2.45. The van der Waals surface area contributed by atoms with Gasteiger partial charge in [0, 0.05) is 29.8 Å². The van der Waals surface area contributed by atoms with Gasteiger partial charge in [-0.2, -0.15) is 4.73 Å². The van der Waals surface area contributed by atoms with Gasteiger partial charge in [-0.05, 0) is 36.4 Å². The van der Waals surface area contributed by atoms with Crippen molar-refractivity contribution in [1.29, 1.82) is 0 Å². The number of nitrogens with one attached hydrogen (secondary N) is 1. The number of benzene rings is 1. The van der Waals surface area contributed by atoms with Gasteiger partial charge in [-0.1, -0.05) is 6.07 Å². The van der Waals surface area contributed by atoms with Gasteiger partial charge in [0.25, 0.3) is 11.7 Å². The number of ether oxygens (including phenoxy) is 2. The monoisotopic (exact) mass is 439 g/mol. The summed E-state index contributed by atoms with van der Waals surface area (Å²) in [6.45, 7) is 0.183. The van der Waals surface area contributed by atoms with Crippen LogP contribution < -0.4 is 10.0 Å². The molecule has 1 saturated heterocycles. The van der Waals surface area contributed by atoms with Crippen molar-refractivity contribution in [2.45, 2.75) is 28.2 Å². The molecule has 31 heavy (non-hydrogen) atoms. The van der Waals surface area contributed by atoms with E-state index in [0.717, 1.165) is 0 Å². The third-order valence-corrected chi connectivity index (χ3v) is 6.95. The molecule has 9 nitrogen and oxygen atoms in total. The highest BCUT2D eigenvalue weighted by Gasteiger charge is 2.54. The first-order valence-electron chi connectivity index (χ1n) is 9.53. The van der Waals surface area contributed by atoms with Crippen molar-refractivity contribution in [1.82, 2.24) is 4.98 Å². The van der Waals surface area contributed by atoms with E-state index in [9.17, 15) is 18.4 Å². The van der Waals surface area contributed by atoms with Gasteiger partial charge in [-0.15, -0.1) is 0 Å². The van der Waals surface area contributed by atoms with Crippen LogP contribution in [-0.4, -0.2) is 25.9 Å². The van der Waals surface area contributed by atoms with Crippen LogP contribution in [0.3, 0.4) is 0 Å². The summed E-state index contributed by atoms with van der Waals surface area (Å²) in [6.07, 6.45) is 3.97. The Balaban J connectivity index is 1.57. The number of hydrogen-bond acceptors (Lipinski definition) is 7. The number of aromatic nitrogens is 2. The minimum absolute atomic E-state index is 0.0349. The number of nitrogens with zero attached hydrogens (tertiary/aromatic N) is 2. The Morgan fingerprint density at radius 1 is 1.19 bits per heavy atom. The predicted molar refractivity (Wildman–Crippen MR) is 106 cm³/mol. The predicted octanol–water partition coefficient (Wildman–Crippen LogP) is 1.83. The minimum atomic E-state index is -3.91. The molecule has 2 aliphatic heterocycles. The summed E-state index contributed by atoms with van der Waals surface area (Å²) in [5.41, 5.74) is 1.27. The zero-order valence-corrected chi connectivity index (χ0v) is 16.9. The van der Waals surface area contributed by atoms with Crippen molar-refractivity contribution in [2.75, 3.05) is 11.9 Å². The summed E-state index contributed by atoms with van der Waals surface area (Å²) in [5.74, 6) is -2.36. The second-order valence-electron chi connectivity index (χ2n) is 7.19. The van der Waals surface area contributed by atoms with Gasteiger partial charge in [-0.3, -0.25) is 4.79 Å². The Labute approximate surface area is 177 Å². The van der Waals surface area contributed by atoms with Crippen molar-refractivity contribution in [3.05, 3.63) is 83.5 Å².